The van der Waals surface area contributed by atoms with Gasteiger partial charge in [0.25, 0.3) is 0 Å². The Labute approximate surface area is 129 Å². The minimum Gasteiger partial charge on any atom is -0.465 e. The van der Waals surface area contributed by atoms with Crippen molar-refractivity contribution in [2.24, 2.45) is 5.73 Å². The number of aryl methyl sites for hydroxylation is 1. The fourth-order valence-electron chi connectivity index (χ4n) is 2.40. The number of carbonyl (C=O) groups excluding carboxylic acids is 1. The van der Waals surface area contributed by atoms with Crippen LogP contribution in [0, 0.1) is 6.92 Å². The first kappa shape index (κ1) is 15.7. The highest BCUT2D eigenvalue weighted by Crippen LogP contribution is 2.31. The van der Waals surface area contributed by atoms with Gasteiger partial charge in [-0.15, -0.1) is 11.3 Å². The summed E-state index contributed by atoms with van der Waals surface area (Å²) in [5.74, 6) is -0.272. The molecule has 1 aromatic heterocycles. The number of nitrogens with zero attached hydrogens (tertiary/aromatic N) is 1. The van der Waals surface area contributed by atoms with Crippen molar-refractivity contribution in [3.05, 3.63) is 52.0 Å². The van der Waals surface area contributed by atoms with Crippen molar-refractivity contribution >= 4 is 17.3 Å². The molecule has 0 amide bonds. The lowest BCUT2D eigenvalue weighted by atomic mass is 9.76. The molecule has 0 radical (unpaired) electrons. The summed E-state index contributed by atoms with van der Waals surface area (Å²) in [6.45, 7) is 4.35. The van der Waals surface area contributed by atoms with Crippen LogP contribution >= 0.6 is 11.3 Å². The van der Waals surface area contributed by atoms with Crippen LogP contribution in [0.1, 0.15) is 22.9 Å². The van der Waals surface area contributed by atoms with Crippen LogP contribution in [0.15, 0.2) is 36.0 Å². The molecule has 0 aliphatic carbocycles. The molecule has 0 fully saturated rings. The lowest BCUT2D eigenvalue weighted by molar-refractivity contribution is -0.149. The molecule has 1 unspecified atom stereocenters. The molecule has 0 saturated carbocycles. The van der Waals surface area contributed by atoms with Gasteiger partial charge in [-0.05, 0) is 19.4 Å². The van der Waals surface area contributed by atoms with Crippen LogP contribution < -0.4 is 5.73 Å². The first-order chi connectivity index (χ1) is 10.1. The quantitative estimate of drug-likeness (QED) is 0.833. The molecule has 1 heterocycles. The maximum Gasteiger partial charge on any atom is 0.318 e. The summed E-state index contributed by atoms with van der Waals surface area (Å²) in [7, 11) is 0. The number of ether oxygens (including phenoxy) is 1. The van der Waals surface area contributed by atoms with Gasteiger partial charge in [0.1, 0.15) is 5.41 Å². The Bertz CT molecular complexity index is 598. The van der Waals surface area contributed by atoms with Gasteiger partial charge in [-0.2, -0.15) is 0 Å². The number of aromatic nitrogens is 1. The van der Waals surface area contributed by atoms with E-state index in [1.165, 1.54) is 11.3 Å². The van der Waals surface area contributed by atoms with Gasteiger partial charge in [-0.3, -0.25) is 9.78 Å². The number of hydrogen-bond acceptors (Lipinski definition) is 5. The van der Waals surface area contributed by atoms with Crippen molar-refractivity contribution < 1.29 is 9.53 Å². The van der Waals surface area contributed by atoms with E-state index >= 15 is 0 Å². The molecule has 5 heteroatoms. The van der Waals surface area contributed by atoms with Crippen LogP contribution in [-0.4, -0.2) is 24.1 Å². The van der Waals surface area contributed by atoms with Crippen molar-refractivity contribution in [3.8, 4) is 0 Å². The van der Waals surface area contributed by atoms with Gasteiger partial charge in [0.2, 0.25) is 0 Å². The number of hydrogen-bond donors (Lipinski definition) is 1. The molecule has 4 nitrogen and oxygen atoms in total. The van der Waals surface area contributed by atoms with E-state index < -0.39 is 5.41 Å². The smallest absolute Gasteiger partial charge is 0.318 e. The molecule has 0 aliphatic heterocycles. The third kappa shape index (κ3) is 3.31. The SMILES string of the molecule is CCOC(=O)C(CN)(Cc1cncs1)c1cccc(C)c1. The fourth-order valence-corrected chi connectivity index (χ4v) is 3.11. The molecular formula is C16H20N2O2S. The standard InChI is InChI=1S/C16H20N2O2S/c1-3-20-15(19)16(10-17,8-14-9-18-11-21-14)13-6-4-5-12(2)7-13/h4-7,9,11H,3,8,10,17H2,1-2H3. The molecular weight excluding hydrogens is 284 g/mol. The molecule has 112 valence electrons. The summed E-state index contributed by atoms with van der Waals surface area (Å²) in [4.78, 5) is 17.7. The van der Waals surface area contributed by atoms with Gasteiger partial charge < -0.3 is 10.5 Å². The normalized spacial score (nSPS) is 13.7. The van der Waals surface area contributed by atoms with E-state index in [1.54, 1.807) is 11.7 Å². The van der Waals surface area contributed by atoms with Crippen LogP contribution in [-0.2, 0) is 21.4 Å². The van der Waals surface area contributed by atoms with E-state index in [0.29, 0.717) is 13.0 Å². The second kappa shape index (κ2) is 6.83. The fraction of sp³-hybridized carbons (Fsp3) is 0.375. The molecule has 1 aromatic carbocycles. The van der Waals surface area contributed by atoms with Crippen LogP contribution in [0.4, 0.5) is 0 Å². The lowest BCUT2D eigenvalue weighted by Gasteiger charge is -2.30. The third-order valence-corrected chi connectivity index (χ3v) is 4.32. The van der Waals surface area contributed by atoms with Crippen molar-refractivity contribution in [2.75, 3.05) is 13.2 Å². The summed E-state index contributed by atoms with van der Waals surface area (Å²) in [5.41, 5.74) is 8.93. The predicted molar refractivity (Wildman–Crippen MR) is 84.4 cm³/mol. The van der Waals surface area contributed by atoms with Crippen molar-refractivity contribution in [3.63, 3.8) is 0 Å². The Morgan fingerprint density at radius 2 is 2.29 bits per heavy atom. The number of thiazole rings is 1. The maximum absolute atomic E-state index is 12.6. The Balaban J connectivity index is 2.47. The molecule has 0 saturated heterocycles. The Kier molecular flexibility index (Phi) is 5.09. The van der Waals surface area contributed by atoms with Crippen molar-refractivity contribution in [1.29, 1.82) is 0 Å². The van der Waals surface area contributed by atoms with E-state index in [4.69, 9.17) is 10.5 Å². The van der Waals surface area contributed by atoms with Gasteiger partial charge in [0.15, 0.2) is 0 Å². The second-order valence-corrected chi connectivity index (χ2v) is 5.99. The zero-order valence-corrected chi connectivity index (χ0v) is 13.2. The van der Waals surface area contributed by atoms with Gasteiger partial charge >= 0.3 is 5.97 Å². The highest BCUT2D eigenvalue weighted by molar-refractivity contribution is 7.09. The number of carbonyl (C=O) groups is 1. The number of benzene rings is 1. The third-order valence-electron chi connectivity index (χ3n) is 3.54. The van der Waals surface area contributed by atoms with E-state index in [0.717, 1.165) is 16.0 Å². The van der Waals surface area contributed by atoms with Gasteiger partial charge in [0.05, 0.1) is 12.1 Å². The molecule has 2 rings (SSSR count). The van der Waals surface area contributed by atoms with Gasteiger partial charge in [0, 0.05) is 24.0 Å². The summed E-state index contributed by atoms with van der Waals surface area (Å²) in [6, 6.07) is 7.90. The average molecular weight is 304 g/mol. The monoisotopic (exact) mass is 304 g/mol. The van der Waals surface area contributed by atoms with Crippen LogP contribution in [0.3, 0.4) is 0 Å². The van der Waals surface area contributed by atoms with E-state index in [9.17, 15) is 4.79 Å². The Morgan fingerprint density at radius 1 is 1.48 bits per heavy atom. The van der Waals surface area contributed by atoms with Crippen LogP contribution in [0.25, 0.3) is 0 Å². The Morgan fingerprint density at radius 3 is 2.86 bits per heavy atom. The summed E-state index contributed by atoms with van der Waals surface area (Å²) >= 11 is 1.53. The number of nitrogens with two attached hydrogens (primary N) is 1. The zero-order chi connectivity index (χ0) is 15.3. The molecule has 0 spiro atoms. The van der Waals surface area contributed by atoms with Crippen molar-refractivity contribution in [2.45, 2.75) is 25.7 Å². The highest BCUT2D eigenvalue weighted by Gasteiger charge is 2.41. The Hall–Kier alpha value is -1.72. The molecule has 2 aromatic rings. The summed E-state index contributed by atoms with van der Waals surface area (Å²) < 4.78 is 5.31. The molecule has 0 aliphatic rings. The van der Waals surface area contributed by atoms with Crippen LogP contribution in [0.5, 0.6) is 0 Å². The first-order valence-corrected chi connectivity index (χ1v) is 7.82. The van der Waals surface area contributed by atoms with E-state index in [1.807, 2.05) is 38.1 Å². The van der Waals surface area contributed by atoms with Gasteiger partial charge in [-0.1, -0.05) is 29.8 Å². The summed E-state index contributed by atoms with van der Waals surface area (Å²) in [6.07, 6.45) is 2.29. The maximum atomic E-state index is 12.6. The van der Waals surface area contributed by atoms with E-state index in [-0.39, 0.29) is 12.5 Å². The highest BCUT2D eigenvalue weighted by atomic mass is 32.1. The van der Waals surface area contributed by atoms with E-state index in [2.05, 4.69) is 4.98 Å². The van der Waals surface area contributed by atoms with Crippen LogP contribution in [0.2, 0.25) is 0 Å². The lowest BCUT2D eigenvalue weighted by Crippen LogP contribution is -2.46. The summed E-state index contributed by atoms with van der Waals surface area (Å²) in [5, 5.41) is 0. The molecule has 21 heavy (non-hydrogen) atoms. The number of rotatable bonds is 6. The second-order valence-electron chi connectivity index (χ2n) is 5.02. The molecule has 1 atom stereocenters. The molecule has 0 bridgehead atoms. The topological polar surface area (TPSA) is 65.2 Å². The minimum absolute atomic E-state index is 0.202. The largest absolute Gasteiger partial charge is 0.465 e. The van der Waals surface area contributed by atoms with Gasteiger partial charge in [-0.25, -0.2) is 0 Å². The number of esters is 1. The first-order valence-electron chi connectivity index (χ1n) is 6.94. The molecule has 2 N–H and O–H groups in total. The predicted octanol–water partition coefficient (Wildman–Crippen LogP) is 2.45. The minimum atomic E-state index is -0.853. The average Bonchev–Trinajstić information content (AvgIpc) is 2.98. The van der Waals surface area contributed by atoms with Crippen molar-refractivity contribution in [1.82, 2.24) is 4.98 Å². The zero-order valence-electron chi connectivity index (χ0n) is 12.3.